The van der Waals surface area contributed by atoms with E-state index >= 15 is 0 Å². The van der Waals surface area contributed by atoms with Crippen molar-refractivity contribution in [1.82, 2.24) is 14.9 Å². The van der Waals surface area contributed by atoms with Gasteiger partial charge in [0.15, 0.2) is 11.7 Å². The Kier molecular flexibility index (Phi) is 5.27. The minimum Gasteiger partial charge on any atom is -0.369 e. The number of nitrogens with zero attached hydrogens (tertiary/aromatic N) is 4. The highest BCUT2D eigenvalue weighted by Gasteiger charge is 2.36. The number of carbonyl (C=O) groups is 2. The van der Waals surface area contributed by atoms with Crippen molar-refractivity contribution < 1.29 is 9.59 Å². The van der Waals surface area contributed by atoms with Crippen LogP contribution in [0.4, 0.5) is 0 Å². The maximum atomic E-state index is 12.5. The predicted molar refractivity (Wildman–Crippen MR) is 105 cm³/mol. The highest BCUT2D eigenvalue weighted by atomic mass is 32.2. The summed E-state index contributed by atoms with van der Waals surface area (Å²) in [6.07, 6.45) is 5.42. The smallest absolute Gasteiger partial charge is 0.231 e. The molecule has 1 aromatic heterocycles. The number of aromatic nitrogens is 2. The van der Waals surface area contributed by atoms with Gasteiger partial charge in [0.25, 0.3) is 0 Å². The summed E-state index contributed by atoms with van der Waals surface area (Å²) in [6, 6.07) is 7.53. The lowest BCUT2D eigenvalue weighted by molar-refractivity contribution is -0.128. The van der Waals surface area contributed by atoms with Crippen LogP contribution < -0.4 is 5.73 Å². The van der Waals surface area contributed by atoms with Gasteiger partial charge >= 0.3 is 0 Å². The second-order valence-electron chi connectivity index (χ2n) is 6.62. The molecule has 7 nitrogen and oxygen atoms in total. The average molecular weight is 383 g/mol. The number of carbonyl (C=O) groups excluding carboxylic acids is 2. The summed E-state index contributed by atoms with van der Waals surface area (Å²) in [4.78, 5) is 38.9. The monoisotopic (exact) mass is 383 g/mol. The van der Waals surface area contributed by atoms with Crippen molar-refractivity contribution in [1.29, 1.82) is 0 Å². The fourth-order valence-electron chi connectivity index (χ4n) is 2.93. The minimum atomic E-state index is -0.744. The highest BCUT2D eigenvalue weighted by Crippen LogP contribution is 2.33. The molecule has 0 radical (unpaired) electrons. The maximum Gasteiger partial charge on any atom is 0.231 e. The van der Waals surface area contributed by atoms with Crippen molar-refractivity contribution in [2.45, 2.75) is 30.3 Å². The van der Waals surface area contributed by atoms with Gasteiger partial charge in [-0.2, -0.15) is 0 Å². The zero-order chi connectivity index (χ0) is 19.6. The van der Waals surface area contributed by atoms with Gasteiger partial charge in [-0.05, 0) is 24.3 Å². The van der Waals surface area contributed by atoms with Crippen molar-refractivity contribution in [3.63, 3.8) is 0 Å². The van der Waals surface area contributed by atoms with Gasteiger partial charge in [0, 0.05) is 13.5 Å². The second-order valence-corrected chi connectivity index (χ2v) is 7.44. The molecule has 1 aliphatic heterocycles. The van der Waals surface area contributed by atoms with Crippen LogP contribution in [0.15, 0.2) is 46.7 Å². The van der Waals surface area contributed by atoms with E-state index in [0.29, 0.717) is 5.69 Å². The largest absolute Gasteiger partial charge is 0.369 e. The van der Waals surface area contributed by atoms with Gasteiger partial charge in [0.1, 0.15) is 10.7 Å². The van der Waals surface area contributed by atoms with Gasteiger partial charge in [0.2, 0.25) is 5.91 Å². The maximum absolute atomic E-state index is 12.5. The molecule has 140 valence electrons. The van der Waals surface area contributed by atoms with Gasteiger partial charge < -0.3 is 5.73 Å². The molecule has 0 saturated carbocycles. The Labute approximate surface area is 162 Å². The number of aliphatic imine (C=N–C) groups is 1. The standard InChI is InChI=1S/C19H21N5O2S/c1-19(9-17(26)24(2)18(20)23-19)13-6-4-5-12(7-13)8-15(25)14-10-22-16(27-3)11-21-14/h4-7,10-11H,8-9H2,1-3H3,(H2,20,23). The number of Topliss-reactive ketones (excluding diaryl/α,β-unsaturated/α-hetero) is 1. The summed E-state index contributed by atoms with van der Waals surface area (Å²) in [5.74, 6) is -0.00468. The van der Waals surface area contributed by atoms with E-state index in [1.807, 2.05) is 37.4 Å². The molecule has 0 spiro atoms. The molecule has 27 heavy (non-hydrogen) atoms. The summed E-state index contributed by atoms with van der Waals surface area (Å²) >= 11 is 1.47. The minimum absolute atomic E-state index is 0.0874. The van der Waals surface area contributed by atoms with Crippen molar-refractivity contribution >= 4 is 29.4 Å². The third-order valence-corrected chi connectivity index (χ3v) is 5.24. The summed E-state index contributed by atoms with van der Waals surface area (Å²) in [5.41, 5.74) is 7.15. The van der Waals surface area contributed by atoms with Gasteiger partial charge in [0.05, 0.1) is 24.4 Å². The molecule has 0 saturated heterocycles. The molecule has 8 heteroatoms. The Balaban J connectivity index is 1.83. The van der Waals surface area contributed by atoms with Crippen LogP contribution >= 0.6 is 11.8 Å². The summed E-state index contributed by atoms with van der Waals surface area (Å²) in [6.45, 7) is 1.87. The van der Waals surface area contributed by atoms with Crippen LogP contribution in [0.1, 0.15) is 35.0 Å². The van der Waals surface area contributed by atoms with Crippen LogP contribution in [0.5, 0.6) is 0 Å². The number of amides is 1. The fourth-order valence-corrected chi connectivity index (χ4v) is 3.25. The van der Waals surface area contributed by atoms with Crippen LogP contribution in [-0.2, 0) is 16.8 Å². The molecular weight excluding hydrogens is 362 g/mol. The quantitative estimate of drug-likeness (QED) is 0.626. The predicted octanol–water partition coefficient (Wildman–Crippen LogP) is 2.02. The summed E-state index contributed by atoms with van der Waals surface area (Å²) < 4.78 is 0. The molecule has 2 heterocycles. The summed E-state index contributed by atoms with van der Waals surface area (Å²) in [7, 11) is 1.61. The van der Waals surface area contributed by atoms with Crippen LogP contribution in [-0.4, -0.2) is 45.8 Å². The number of guanidine groups is 1. The third-order valence-electron chi connectivity index (χ3n) is 4.61. The van der Waals surface area contributed by atoms with Crippen LogP contribution in [0.2, 0.25) is 0 Å². The second kappa shape index (κ2) is 7.48. The summed E-state index contributed by atoms with van der Waals surface area (Å²) in [5, 5.41) is 0.767. The molecule has 1 amide bonds. The van der Waals surface area contributed by atoms with E-state index in [2.05, 4.69) is 15.0 Å². The highest BCUT2D eigenvalue weighted by molar-refractivity contribution is 7.98. The van der Waals surface area contributed by atoms with Crippen LogP contribution in [0.3, 0.4) is 0 Å². The van der Waals surface area contributed by atoms with E-state index < -0.39 is 5.54 Å². The van der Waals surface area contributed by atoms with E-state index in [4.69, 9.17) is 5.73 Å². The molecule has 1 aliphatic rings. The topological polar surface area (TPSA) is 102 Å². The normalized spacial score (nSPS) is 19.7. The van der Waals surface area contributed by atoms with Gasteiger partial charge in [-0.15, -0.1) is 11.8 Å². The van der Waals surface area contributed by atoms with E-state index in [9.17, 15) is 9.59 Å². The van der Waals surface area contributed by atoms with Crippen molar-refractivity contribution in [2.24, 2.45) is 10.7 Å². The molecule has 0 aliphatic carbocycles. The first-order valence-electron chi connectivity index (χ1n) is 8.43. The number of nitrogens with two attached hydrogens (primary N) is 1. The van der Waals surface area contributed by atoms with Crippen molar-refractivity contribution in [3.8, 4) is 0 Å². The third kappa shape index (κ3) is 4.00. The Bertz CT molecular complexity index is 913. The number of ketones is 1. The number of rotatable bonds is 5. The zero-order valence-corrected chi connectivity index (χ0v) is 16.3. The lowest BCUT2D eigenvalue weighted by atomic mass is 9.86. The Hall–Kier alpha value is -2.74. The Morgan fingerprint density at radius 1 is 1.33 bits per heavy atom. The Morgan fingerprint density at radius 2 is 2.11 bits per heavy atom. The lowest BCUT2D eigenvalue weighted by Gasteiger charge is -2.33. The van der Waals surface area contributed by atoms with E-state index in [0.717, 1.165) is 16.2 Å². The molecule has 1 aromatic carbocycles. The number of hydrogen-bond donors (Lipinski definition) is 1. The fraction of sp³-hybridized carbons (Fsp3) is 0.316. The molecule has 0 fully saturated rings. The van der Waals surface area contributed by atoms with Gasteiger partial charge in [-0.25, -0.2) is 15.0 Å². The molecule has 2 aromatic rings. The lowest BCUT2D eigenvalue weighted by Crippen LogP contribution is -2.47. The van der Waals surface area contributed by atoms with Crippen molar-refractivity contribution in [2.75, 3.05) is 13.3 Å². The van der Waals surface area contributed by atoms with E-state index in [-0.39, 0.29) is 30.5 Å². The Morgan fingerprint density at radius 3 is 2.74 bits per heavy atom. The van der Waals surface area contributed by atoms with Gasteiger partial charge in [-0.3, -0.25) is 14.5 Å². The molecule has 2 N–H and O–H groups in total. The molecule has 1 atom stereocenters. The number of thioether (sulfide) groups is 1. The van der Waals surface area contributed by atoms with Crippen LogP contribution in [0.25, 0.3) is 0 Å². The van der Waals surface area contributed by atoms with Crippen LogP contribution in [0, 0.1) is 0 Å². The zero-order valence-electron chi connectivity index (χ0n) is 15.5. The molecule has 0 bridgehead atoms. The first kappa shape index (κ1) is 19.0. The van der Waals surface area contributed by atoms with Crippen molar-refractivity contribution in [3.05, 3.63) is 53.5 Å². The number of benzene rings is 1. The first-order valence-corrected chi connectivity index (χ1v) is 9.65. The van der Waals surface area contributed by atoms with E-state index in [1.54, 1.807) is 13.2 Å². The SMILES string of the molecule is CSc1cnc(C(=O)Cc2cccc(C3(C)CC(=O)N(C)C(N)=N3)c2)cn1. The first-order chi connectivity index (χ1) is 12.8. The molecule has 1 unspecified atom stereocenters. The number of hydrogen-bond acceptors (Lipinski definition) is 7. The average Bonchev–Trinajstić information content (AvgIpc) is 2.66. The molecule has 3 rings (SSSR count). The van der Waals surface area contributed by atoms with E-state index in [1.165, 1.54) is 22.9 Å². The van der Waals surface area contributed by atoms with Gasteiger partial charge in [-0.1, -0.05) is 24.3 Å². The molecular formula is C19H21N5O2S.